The standard InChI is InChI=1S/C29H35F2N5O5S/c1-3-4-15-36(29(37)41-33-27-11-7-22(30)18-26(27)31)23-13-16-35(17-14-23)20-21-5-8-24(9-6-21)40-25-10-12-28(32-19-25)34-42(2,38)39/h5-12,18-19,23,33H,3-4,13-17,20H2,1-2H3,(H,32,34). The van der Waals surface area contributed by atoms with Crippen LogP contribution in [-0.4, -0.2) is 61.2 Å². The molecule has 1 saturated heterocycles. The Morgan fingerprint density at radius 3 is 2.40 bits per heavy atom. The van der Waals surface area contributed by atoms with Crippen molar-refractivity contribution in [2.24, 2.45) is 0 Å². The van der Waals surface area contributed by atoms with E-state index in [1.165, 1.54) is 18.3 Å². The normalized spacial score (nSPS) is 14.3. The van der Waals surface area contributed by atoms with Crippen LogP contribution in [0.15, 0.2) is 60.8 Å². The fraction of sp³-hybridized carbons (Fsp3) is 0.379. The number of aromatic nitrogens is 1. The van der Waals surface area contributed by atoms with Gasteiger partial charge in [-0.15, -0.1) is 0 Å². The lowest BCUT2D eigenvalue weighted by Gasteiger charge is -2.38. The Morgan fingerprint density at radius 1 is 1.07 bits per heavy atom. The first-order chi connectivity index (χ1) is 20.1. The summed E-state index contributed by atoms with van der Waals surface area (Å²) in [6, 6.07) is 13.8. The molecule has 0 spiro atoms. The van der Waals surface area contributed by atoms with Crippen LogP contribution < -0.4 is 14.9 Å². The molecule has 4 rings (SSSR count). The zero-order valence-electron chi connectivity index (χ0n) is 23.6. The zero-order chi connectivity index (χ0) is 30.1. The lowest BCUT2D eigenvalue weighted by molar-refractivity contribution is 0.0749. The topological polar surface area (TPSA) is 113 Å². The van der Waals surface area contributed by atoms with Crippen molar-refractivity contribution in [2.75, 3.05) is 36.1 Å². The van der Waals surface area contributed by atoms with Crippen LogP contribution in [0.4, 0.5) is 25.1 Å². The number of hydrogen-bond acceptors (Lipinski definition) is 8. The van der Waals surface area contributed by atoms with Crippen LogP contribution in [0, 0.1) is 11.6 Å². The smallest absolute Gasteiger partial charge is 0.434 e. The maximum absolute atomic E-state index is 13.9. The molecule has 2 aromatic carbocycles. The number of amides is 1. The first-order valence-corrected chi connectivity index (χ1v) is 15.6. The van der Waals surface area contributed by atoms with Crippen LogP contribution in [-0.2, 0) is 21.4 Å². The summed E-state index contributed by atoms with van der Waals surface area (Å²) >= 11 is 0. The third kappa shape index (κ3) is 9.28. The molecule has 0 radical (unpaired) electrons. The number of anilines is 2. The molecule has 0 atom stereocenters. The predicted molar refractivity (Wildman–Crippen MR) is 156 cm³/mol. The minimum Gasteiger partial charge on any atom is -0.456 e. The number of unbranched alkanes of at least 4 members (excludes halogenated alkanes) is 1. The number of benzene rings is 2. The number of hydrogen-bond donors (Lipinski definition) is 2. The summed E-state index contributed by atoms with van der Waals surface area (Å²) in [5, 5.41) is 0. The fourth-order valence-corrected chi connectivity index (χ4v) is 5.12. The molecular weight excluding hydrogens is 568 g/mol. The van der Waals surface area contributed by atoms with E-state index in [-0.39, 0.29) is 17.5 Å². The molecule has 1 amide bonds. The Bertz CT molecular complexity index is 1430. The average Bonchev–Trinajstić information content (AvgIpc) is 2.95. The molecule has 0 aliphatic carbocycles. The number of halogens is 2. The first kappa shape index (κ1) is 31.0. The molecule has 2 heterocycles. The van der Waals surface area contributed by atoms with Crippen molar-refractivity contribution in [3.8, 4) is 11.5 Å². The number of likely N-dealkylation sites (tertiary alicyclic amines) is 1. The number of piperidine rings is 1. The Morgan fingerprint density at radius 2 is 1.79 bits per heavy atom. The summed E-state index contributed by atoms with van der Waals surface area (Å²) in [5.41, 5.74) is 3.33. The van der Waals surface area contributed by atoms with E-state index in [1.807, 2.05) is 31.2 Å². The van der Waals surface area contributed by atoms with Gasteiger partial charge in [0.1, 0.15) is 28.8 Å². The molecule has 226 valence electrons. The number of pyridine rings is 1. The summed E-state index contributed by atoms with van der Waals surface area (Å²) in [6.07, 6.45) is 5.17. The molecule has 1 aliphatic rings. The summed E-state index contributed by atoms with van der Waals surface area (Å²) in [4.78, 5) is 26.1. The van der Waals surface area contributed by atoms with E-state index in [2.05, 4.69) is 20.1 Å². The van der Waals surface area contributed by atoms with E-state index in [1.54, 1.807) is 11.0 Å². The highest BCUT2D eigenvalue weighted by molar-refractivity contribution is 7.92. The minimum atomic E-state index is -3.40. The van der Waals surface area contributed by atoms with Crippen molar-refractivity contribution < 1.29 is 31.6 Å². The Balaban J connectivity index is 1.26. The highest BCUT2D eigenvalue weighted by atomic mass is 32.2. The number of carbonyl (C=O) groups excluding carboxylic acids is 1. The zero-order valence-corrected chi connectivity index (χ0v) is 24.4. The van der Waals surface area contributed by atoms with Crippen LogP contribution in [0.25, 0.3) is 0 Å². The van der Waals surface area contributed by atoms with Gasteiger partial charge in [-0.2, -0.15) is 0 Å². The molecule has 1 aromatic heterocycles. The maximum atomic E-state index is 13.9. The van der Waals surface area contributed by atoms with Gasteiger partial charge in [-0.1, -0.05) is 25.5 Å². The van der Waals surface area contributed by atoms with E-state index in [4.69, 9.17) is 9.57 Å². The van der Waals surface area contributed by atoms with Gasteiger partial charge in [-0.05, 0) is 61.2 Å². The van der Waals surface area contributed by atoms with Gasteiger partial charge < -0.3 is 14.5 Å². The fourth-order valence-electron chi connectivity index (χ4n) is 4.62. The lowest BCUT2D eigenvalue weighted by atomic mass is 10.0. The van der Waals surface area contributed by atoms with Gasteiger partial charge in [-0.25, -0.2) is 32.5 Å². The van der Waals surface area contributed by atoms with Gasteiger partial charge in [0.05, 0.1) is 12.5 Å². The molecule has 2 N–H and O–H groups in total. The highest BCUT2D eigenvalue weighted by Crippen LogP contribution is 2.24. The SMILES string of the molecule is CCCCN(C(=O)ONc1ccc(F)cc1F)C1CCN(Cc2ccc(Oc3ccc(NS(C)(=O)=O)nc3)cc2)CC1. The van der Waals surface area contributed by atoms with Gasteiger partial charge in [-0.3, -0.25) is 9.62 Å². The number of sulfonamides is 1. The van der Waals surface area contributed by atoms with E-state index in [0.717, 1.165) is 69.3 Å². The van der Waals surface area contributed by atoms with Gasteiger partial charge in [0.2, 0.25) is 10.0 Å². The quantitative estimate of drug-likeness (QED) is 0.252. The predicted octanol–water partition coefficient (Wildman–Crippen LogP) is 5.75. The first-order valence-electron chi connectivity index (χ1n) is 13.7. The van der Waals surface area contributed by atoms with Crippen molar-refractivity contribution in [3.05, 3.63) is 78.0 Å². The number of nitrogens with zero attached hydrogens (tertiary/aromatic N) is 3. The average molecular weight is 604 g/mol. The maximum Gasteiger partial charge on any atom is 0.434 e. The molecular formula is C29H35F2N5O5S. The summed E-state index contributed by atoms with van der Waals surface area (Å²) in [5.74, 6) is -0.233. The van der Waals surface area contributed by atoms with E-state index >= 15 is 0 Å². The van der Waals surface area contributed by atoms with Crippen molar-refractivity contribution in [3.63, 3.8) is 0 Å². The second kappa shape index (κ2) is 14.3. The van der Waals surface area contributed by atoms with Crippen molar-refractivity contribution in [1.82, 2.24) is 14.8 Å². The number of carbonyl (C=O) groups is 1. The monoisotopic (exact) mass is 603 g/mol. The third-order valence-electron chi connectivity index (χ3n) is 6.76. The number of rotatable bonds is 12. The molecule has 1 aliphatic heterocycles. The lowest BCUT2D eigenvalue weighted by Crippen LogP contribution is -2.48. The second-order valence-corrected chi connectivity index (χ2v) is 11.9. The van der Waals surface area contributed by atoms with Gasteiger partial charge in [0, 0.05) is 38.3 Å². The summed E-state index contributed by atoms with van der Waals surface area (Å²) in [7, 11) is -3.40. The van der Waals surface area contributed by atoms with Crippen molar-refractivity contribution in [2.45, 2.75) is 45.2 Å². The second-order valence-electron chi connectivity index (χ2n) is 10.1. The highest BCUT2D eigenvalue weighted by Gasteiger charge is 2.29. The Kier molecular flexibility index (Phi) is 10.5. The van der Waals surface area contributed by atoms with Crippen LogP contribution in [0.2, 0.25) is 0 Å². The molecule has 0 bridgehead atoms. The molecule has 13 heteroatoms. The van der Waals surface area contributed by atoms with Crippen LogP contribution >= 0.6 is 0 Å². The van der Waals surface area contributed by atoms with Crippen LogP contribution in [0.3, 0.4) is 0 Å². The van der Waals surface area contributed by atoms with Gasteiger partial charge in [0.25, 0.3) is 0 Å². The van der Waals surface area contributed by atoms with Crippen molar-refractivity contribution >= 4 is 27.6 Å². The van der Waals surface area contributed by atoms with E-state index in [9.17, 15) is 22.0 Å². The Labute approximate surface area is 244 Å². The van der Waals surface area contributed by atoms with E-state index < -0.39 is 27.8 Å². The molecule has 0 unspecified atom stereocenters. The van der Waals surface area contributed by atoms with Crippen LogP contribution in [0.1, 0.15) is 38.2 Å². The summed E-state index contributed by atoms with van der Waals surface area (Å²) in [6.45, 7) is 4.89. The van der Waals surface area contributed by atoms with Crippen LogP contribution in [0.5, 0.6) is 11.5 Å². The molecule has 3 aromatic rings. The third-order valence-corrected chi connectivity index (χ3v) is 7.34. The van der Waals surface area contributed by atoms with Gasteiger partial charge >= 0.3 is 6.09 Å². The molecule has 10 nitrogen and oxygen atoms in total. The molecule has 1 fully saturated rings. The number of nitrogens with one attached hydrogen (secondary N) is 2. The molecule has 42 heavy (non-hydrogen) atoms. The van der Waals surface area contributed by atoms with Crippen molar-refractivity contribution in [1.29, 1.82) is 0 Å². The van der Waals surface area contributed by atoms with E-state index in [0.29, 0.717) is 18.0 Å². The Hall–Kier alpha value is -3.97. The number of ether oxygens (including phenoxy) is 1. The molecule has 0 saturated carbocycles. The van der Waals surface area contributed by atoms with Gasteiger partial charge in [0.15, 0.2) is 5.82 Å². The summed E-state index contributed by atoms with van der Waals surface area (Å²) < 4.78 is 57.8. The minimum absolute atomic E-state index is 0.0106. The largest absolute Gasteiger partial charge is 0.456 e.